The van der Waals surface area contributed by atoms with Crippen LogP contribution in [0.1, 0.15) is 22.6 Å². The number of benzene rings is 2. The molecule has 2 aromatic carbocycles. The average Bonchev–Trinajstić information content (AvgIpc) is 3.58. The Hall–Kier alpha value is -4.07. The van der Waals surface area contributed by atoms with E-state index in [-0.39, 0.29) is 12.7 Å². The molecule has 0 bridgehead atoms. The number of aryl methyl sites for hydroxylation is 1. The van der Waals surface area contributed by atoms with Gasteiger partial charge in [0.25, 0.3) is 0 Å². The molecule has 1 unspecified atom stereocenters. The van der Waals surface area contributed by atoms with Gasteiger partial charge in [-0.05, 0) is 48.4 Å². The molecule has 0 aliphatic carbocycles. The summed E-state index contributed by atoms with van der Waals surface area (Å²) in [5, 5.41) is 8.42. The van der Waals surface area contributed by atoms with Crippen molar-refractivity contribution in [2.45, 2.75) is 25.4 Å². The number of anilines is 1. The number of aromatic nitrogens is 3. The lowest BCUT2D eigenvalue weighted by Gasteiger charge is -2.35. The molecule has 0 N–H and O–H groups in total. The van der Waals surface area contributed by atoms with Gasteiger partial charge in [0.05, 0.1) is 25.0 Å². The lowest BCUT2D eigenvalue weighted by Crippen LogP contribution is -2.46. The molecular weight excluding hydrogens is 408 g/mol. The van der Waals surface area contributed by atoms with Gasteiger partial charge in [0.2, 0.25) is 12.7 Å². The van der Waals surface area contributed by atoms with Gasteiger partial charge < -0.3 is 18.8 Å². The minimum Gasteiger partial charge on any atom is -0.464 e. The molecule has 7 rings (SSSR count). The van der Waals surface area contributed by atoms with Crippen LogP contribution < -0.4 is 14.4 Å². The van der Waals surface area contributed by atoms with Crippen LogP contribution in [0.4, 0.5) is 5.69 Å². The molecule has 8 nitrogen and oxygen atoms in total. The quantitative estimate of drug-likeness (QED) is 0.489. The van der Waals surface area contributed by atoms with Crippen LogP contribution in [0.15, 0.2) is 59.1 Å². The zero-order valence-corrected chi connectivity index (χ0v) is 17.2. The molecule has 1 amide bonds. The number of amides is 1. The molecule has 8 heteroatoms. The molecule has 2 aromatic heterocycles. The van der Waals surface area contributed by atoms with Crippen LogP contribution >= 0.6 is 0 Å². The van der Waals surface area contributed by atoms with Crippen molar-refractivity contribution in [2.75, 3.05) is 11.7 Å². The van der Waals surface area contributed by atoms with E-state index in [2.05, 4.69) is 10.3 Å². The molecule has 1 spiro atoms. The van der Waals surface area contributed by atoms with E-state index in [0.717, 1.165) is 39.6 Å². The van der Waals surface area contributed by atoms with Crippen molar-refractivity contribution in [1.82, 2.24) is 15.0 Å². The van der Waals surface area contributed by atoms with Gasteiger partial charge in [0, 0.05) is 11.3 Å². The third kappa shape index (κ3) is 2.13. The number of hydrogen-bond donors (Lipinski definition) is 0. The minimum absolute atomic E-state index is 0.0194. The van der Waals surface area contributed by atoms with Crippen molar-refractivity contribution in [3.63, 3.8) is 0 Å². The number of ether oxygens (including phenoxy) is 2. The average molecular weight is 426 g/mol. The molecular formula is C24H18N4O4. The summed E-state index contributed by atoms with van der Waals surface area (Å²) in [6.07, 6.45) is 1.72. The zero-order valence-electron chi connectivity index (χ0n) is 17.2. The number of furan rings is 1. The van der Waals surface area contributed by atoms with E-state index >= 15 is 0 Å². The minimum atomic E-state index is -0.949. The van der Waals surface area contributed by atoms with Crippen LogP contribution in [0.3, 0.4) is 0 Å². The Balaban J connectivity index is 1.48. The fourth-order valence-electron chi connectivity index (χ4n) is 5.22. The first kappa shape index (κ1) is 17.6. The smallest absolute Gasteiger partial charge is 0.244 e. The van der Waals surface area contributed by atoms with Crippen LogP contribution in [-0.4, -0.2) is 27.7 Å². The molecule has 0 fully saturated rings. The van der Waals surface area contributed by atoms with E-state index in [1.165, 1.54) is 0 Å². The molecule has 1 atom stereocenters. The summed E-state index contributed by atoms with van der Waals surface area (Å²) in [6.45, 7) is 2.78. The maximum absolute atomic E-state index is 14.3. The van der Waals surface area contributed by atoms with Crippen molar-refractivity contribution in [3.05, 3.63) is 77.4 Å². The van der Waals surface area contributed by atoms with E-state index in [4.69, 9.17) is 13.9 Å². The Morgan fingerprint density at radius 2 is 1.91 bits per heavy atom. The predicted molar refractivity (Wildman–Crippen MR) is 113 cm³/mol. The third-order valence-corrected chi connectivity index (χ3v) is 6.63. The van der Waals surface area contributed by atoms with Crippen LogP contribution in [-0.2, 0) is 23.3 Å². The number of carbonyl (C=O) groups excluding carboxylic acids is 1. The molecule has 3 aliphatic heterocycles. The van der Waals surface area contributed by atoms with Crippen LogP contribution in [0.25, 0.3) is 11.3 Å². The number of para-hydroxylation sites is 1. The molecule has 4 aromatic rings. The SMILES string of the molecule is Cc1ccc(CN2C(=O)C3(Cn4nncc4-c4cc5c(cc43)OCO5)c3ccccc32)o1. The Morgan fingerprint density at radius 1 is 1.06 bits per heavy atom. The van der Waals surface area contributed by atoms with Crippen LogP contribution in [0.2, 0.25) is 0 Å². The van der Waals surface area contributed by atoms with Gasteiger partial charge in [0.15, 0.2) is 11.5 Å². The molecule has 5 heterocycles. The summed E-state index contributed by atoms with van der Waals surface area (Å²) in [4.78, 5) is 16.1. The Kier molecular flexibility index (Phi) is 3.30. The van der Waals surface area contributed by atoms with Gasteiger partial charge in [-0.2, -0.15) is 0 Å². The zero-order chi connectivity index (χ0) is 21.4. The van der Waals surface area contributed by atoms with E-state index in [9.17, 15) is 4.79 Å². The summed E-state index contributed by atoms with van der Waals surface area (Å²) < 4.78 is 18.9. The van der Waals surface area contributed by atoms with E-state index < -0.39 is 5.41 Å². The van der Waals surface area contributed by atoms with Gasteiger partial charge >= 0.3 is 0 Å². The highest BCUT2D eigenvalue weighted by atomic mass is 16.7. The predicted octanol–water partition coefficient (Wildman–Crippen LogP) is 3.42. The molecule has 0 saturated heterocycles. The maximum Gasteiger partial charge on any atom is 0.244 e. The summed E-state index contributed by atoms with van der Waals surface area (Å²) >= 11 is 0. The summed E-state index contributed by atoms with van der Waals surface area (Å²) in [5.74, 6) is 2.85. The second kappa shape index (κ2) is 6.00. The first-order valence-corrected chi connectivity index (χ1v) is 10.4. The van der Waals surface area contributed by atoms with Crippen molar-refractivity contribution >= 4 is 11.6 Å². The Labute approximate surface area is 183 Å². The number of fused-ring (bicyclic) bond motifs is 7. The monoisotopic (exact) mass is 426 g/mol. The molecule has 3 aliphatic rings. The Morgan fingerprint density at radius 3 is 2.75 bits per heavy atom. The number of nitrogens with zero attached hydrogens (tertiary/aromatic N) is 4. The highest BCUT2D eigenvalue weighted by Crippen LogP contribution is 2.54. The van der Waals surface area contributed by atoms with E-state index in [1.54, 1.807) is 10.9 Å². The fourth-order valence-corrected chi connectivity index (χ4v) is 5.22. The maximum atomic E-state index is 14.3. The first-order chi connectivity index (χ1) is 15.6. The van der Waals surface area contributed by atoms with Gasteiger partial charge in [-0.3, -0.25) is 4.79 Å². The fraction of sp³-hybridized carbons (Fsp3) is 0.208. The Bertz CT molecular complexity index is 1420. The van der Waals surface area contributed by atoms with Gasteiger partial charge in [-0.1, -0.05) is 23.4 Å². The molecule has 158 valence electrons. The number of carbonyl (C=O) groups is 1. The van der Waals surface area contributed by atoms with Crippen molar-refractivity contribution in [3.8, 4) is 22.8 Å². The number of rotatable bonds is 2. The van der Waals surface area contributed by atoms with Crippen molar-refractivity contribution in [2.24, 2.45) is 0 Å². The summed E-state index contributed by atoms with van der Waals surface area (Å²) in [6, 6.07) is 15.6. The molecule has 32 heavy (non-hydrogen) atoms. The summed E-state index contributed by atoms with van der Waals surface area (Å²) in [5.41, 5.74) is 3.48. The van der Waals surface area contributed by atoms with E-state index in [0.29, 0.717) is 24.6 Å². The van der Waals surface area contributed by atoms with Crippen LogP contribution in [0.5, 0.6) is 11.5 Å². The highest BCUT2D eigenvalue weighted by Gasteiger charge is 2.56. The van der Waals surface area contributed by atoms with Gasteiger partial charge in [-0.15, -0.1) is 5.10 Å². The molecule has 0 radical (unpaired) electrons. The van der Waals surface area contributed by atoms with Crippen molar-refractivity contribution < 1.29 is 18.7 Å². The second-order valence-electron chi connectivity index (χ2n) is 8.35. The largest absolute Gasteiger partial charge is 0.464 e. The second-order valence-corrected chi connectivity index (χ2v) is 8.35. The highest BCUT2D eigenvalue weighted by molar-refractivity contribution is 6.11. The third-order valence-electron chi connectivity index (χ3n) is 6.63. The van der Waals surface area contributed by atoms with Crippen LogP contribution in [0, 0.1) is 6.92 Å². The first-order valence-electron chi connectivity index (χ1n) is 10.4. The van der Waals surface area contributed by atoms with Gasteiger partial charge in [0.1, 0.15) is 16.9 Å². The number of hydrogen-bond acceptors (Lipinski definition) is 6. The normalized spacial score (nSPS) is 19.9. The van der Waals surface area contributed by atoms with E-state index in [1.807, 2.05) is 60.4 Å². The lowest BCUT2D eigenvalue weighted by molar-refractivity contribution is -0.122. The topological polar surface area (TPSA) is 82.6 Å². The summed E-state index contributed by atoms with van der Waals surface area (Å²) in [7, 11) is 0. The standard InChI is InChI=1S/C24H18N4O4/c1-14-6-7-15(32-14)11-27-19-5-3-2-4-17(19)24(23(27)29)12-28-20(10-25-26-28)16-8-21-22(9-18(16)24)31-13-30-21/h2-10H,11-13H2,1H3. The lowest BCUT2D eigenvalue weighted by atomic mass is 9.71. The van der Waals surface area contributed by atoms with Crippen molar-refractivity contribution in [1.29, 1.82) is 0 Å². The molecule has 0 saturated carbocycles. The van der Waals surface area contributed by atoms with Gasteiger partial charge in [-0.25, -0.2) is 4.68 Å².